The second-order valence-corrected chi connectivity index (χ2v) is 9.43. The third-order valence-electron chi connectivity index (χ3n) is 7.43. The number of nitrogens with zero attached hydrogens (tertiary/aromatic N) is 3. The molecule has 174 valence electrons. The van der Waals surface area contributed by atoms with Crippen molar-refractivity contribution in [1.82, 2.24) is 14.9 Å². The van der Waals surface area contributed by atoms with Crippen LogP contribution >= 0.6 is 0 Å². The predicted molar refractivity (Wildman–Crippen MR) is 132 cm³/mol. The highest BCUT2D eigenvalue weighted by Gasteiger charge is 2.28. The number of fused-ring (bicyclic) bond motifs is 1. The molecule has 1 saturated carbocycles. The summed E-state index contributed by atoms with van der Waals surface area (Å²) in [5.74, 6) is 1.85. The van der Waals surface area contributed by atoms with Crippen molar-refractivity contribution in [2.45, 2.75) is 64.0 Å². The van der Waals surface area contributed by atoms with Crippen LogP contribution in [0.5, 0.6) is 5.75 Å². The second kappa shape index (κ2) is 9.46. The van der Waals surface area contributed by atoms with Crippen LogP contribution in [0.1, 0.15) is 67.0 Å². The number of carbonyl (C=O) groups excluding carboxylic acids is 1. The van der Waals surface area contributed by atoms with Gasteiger partial charge in [0.2, 0.25) is 0 Å². The van der Waals surface area contributed by atoms with Gasteiger partial charge in [0, 0.05) is 48.0 Å². The first-order chi connectivity index (χ1) is 16.2. The van der Waals surface area contributed by atoms with Gasteiger partial charge in [0.05, 0.1) is 12.7 Å². The van der Waals surface area contributed by atoms with Gasteiger partial charge in [-0.15, -0.1) is 0 Å². The van der Waals surface area contributed by atoms with Crippen molar-refractivity contribution in [1.29, 1.82) is 0 Å². The number of amides is 1. The number of piperidine rings is 1. The van der Waals surface area contributed by atoms with Gasteiger partial charge in [-0.25, -0.2) is 4.98 Å². The molecule has 6 heteroatoms. The van der Waals surface area contributed by atoms with Crippen LogP contribution in [0.3, 0.4) is 0 Å². The summed E-state index contributed by atoms with van der Waals surface area (Å²) in [6.45, 7) is 3.91. The Morgan fingerprint density at radius 3 is 2.55 bits per heavy atom. The number of anilines is 1. The lowest BCUT2D eigenvalue weighted by Gasteiger charge is -2.33. The minimum Gasteiger partial charge on any atom is -0.497 e. The van der Waals surface area contributed by atoms with Gasteiger partial charge in [-0.3, -0.25) is 4.79 Å². The highest BCUT2D eigenvalue weighted by Crippen LogP contribution is 2.37. The summed E-state index contributed by atoms with van der Waals surface area (Å²) in [5, 5.41) is 4.35. The van der Waals surface area contributed by atoms with Crippen molar-refractivity contribution in [3.8, 4) is 5.75 Å². The van der Waals surface area contributed by atoms with Crippen LogP contribution in [-0.4, -0.2) is 41.7 Å². The second-order valence-electron chi connectivity index (χ2n) is 9.43. The first-order valence-corrected chi connectivity index (χ1v) is 12.3. The Morgan fingerprint density at radius 2 is 1.85 bits per heavy atom. The van der Waals surface area contributed by atoms with Gasteiger partial charge in [-0.05, 0) is 62.9 Å². The predicted octanol–water partition coefficient (Wildman–Crippen LogP) is 5.26. The van der Waals surface area contributed by atoms with E-state index in [1.165, 1.54) is 32.1 Å². The largest absolute Gasteiger partial charge is 0.497 e. The Bertz CT molecular complexity index is 1110. The number of carbonyl (C=O) groups is 1. The minimum absolute atomic E-state index is 0.0385. The lowest BCUT2D eigenvalue weighted by Crippen LogP contribution is -2.45. The molecule has 33 heavy (non-hydrogen) atoms. The average Bonchev–Trinajstić information content (AvgIpc) is 3.16. The summed E-state index contributed by atoms with van der Waals surface area (Å²) < 4.78 is 7.93. The molecule has 0 unspecified atom stereocenters. The highest BCUT2D eigenvalue weighted by atomic mass is 16.5. The summed E-state index contributed by atoms with van der Waals surface area (Å²) in [7, 11) is 1.68. The quantitative estimate of drug-likeness (QED) is 0.581. The number of pyridine rings is 1. The van der Waals surface area contributed by atoms with Crippen molar-refractivity contribution in [2.24, 2.45) is 0 Å². The highest BCUT2D eigenvalue weighted by molar-refractivity contribution is 6.09. The molecular weight excluding hydrogens is 412 g/mol. The summed E-state index contributed by atoms with van der Waals surface area (Å²) in [6.07, 6.45) is 9.88. The van der Waals surface area contributed by atoms with Crippen LogP contribution in [0, 0.1) is 6.92 Å². The first kappa shape index (κ1) is 21.8. The summed E-state index contributed by atoms with van der Waals surface area (Å²) in [4.78, 5) is 20.4. The van der Waals surface area contributed by atoms with Gasteiger partial charge in [0.25, 0.3) is 5.91 Å². The number of rotatable bonds is 5. The smallest absolute Gasteiger partial charge is 0.253 e. The lowest BCUT2D eigenvalue weighted by atomic mass is 9.95. The molecule has 3 aromatic rings. The third-order valence-corrected chi connectivity index (χ3v) is 7.43. The van der Waals surface area contributed by atoms with E-state index in [0.29, 0.717) is 6.04 Å². The molecule has 0 radical (unpaired) electrons. The van der Waals surface area contributed by atoms with Crippen molar-refractivity contribution >= 4 is 22.6 Å². The van der Waals surface area contributed by atoms with E-state index in [1.54, 1.807) is 7.11 Å². The fraction of sp³-hybridized carbons (Fsp3) is 0.481. The standard InChI is InChI=1S/C27H34N4O2/c1-19-26(27(32)29-20-13-16-30(17-14-20)25-10-6-7-15-28-25)23-18-22(33-2)11-12-24(23)31(19)21-8-4-3-5-9-21/h6-7,10-12,15,18,20-21H,3-5,8-9,13-14,16-17H2,1-2H3,(H,29,32). The summed E-state index contributed by atoms with van der Waals surface area (Å²) in [5.41, 5.74) is 3.03. The monoisotopic (exact) mass is 446 g/mol. The molecule has 1 saturated heterocycles. The van der Waals surface area contributed by atoms with E-state index in [2.05, 4.69) is 38.8 Å². The summed E-state index contributed by atoms with van der Waals surface area (Å²) >= 11 is 0. The Hall–Kier alpha value is -3.02. The number of benzene rings is 1. The van der Waals surface area contributed by atoms with Crippen LogP contribution in [0.25, 0.3) is 10.9 Å². The number of hydrogen-bond acceptors (Lipinski definition) is 4. The minimum atomic E-state index is 0.0385. The van der Waals surface area contributed by atoms with Gasteiger partial charge in [-0.1, -0.05) is 25.3 Å². The maximum atomic E-state index is 13.6. The number of nitrogens with one attached hydrogen (secondary N) is 1. The maximum absolute atomic E-state index is 13.6. The van der Waals surface area contributed by atoms with Crippen molar-refractivity contribution in [3.05, 3.63) is 53.9 Å². The van der Waals surface area contributed by atoms with E-state index >= 15 is 0 Å². The Balaban J connectivity index is 1.38. The van der Waals surface area contributed by atoms with Gasteiger partial charge < -0.3 is 19.5 Å². The number of hydrogen-bond donors (Lipinski definition) is 1. The molecule has 1 N–H and O–H groups in total. The number of ether oxygens (including phenoxy) is 1. The van der Waals surface area contributed by atoms with Gasteiger partial charge >= 0.3 is 0 Å². The van der Waals surface area contributed by atoms with Crippen molar-refractivity contribution in [3.63, 3.8) is 0 Å². The van der Waals surface area contributed by atoms with Gasteiger partial charge in [0.1, 0.15) is 11.6 Å². The van der Waals surface area contributed by atoms with Crippen LogP contribution in [0.4, 0.5) is 5.82 Å². The zero-order chi connectivity index (χ0) is 22.8. The zero-order valence-electron chi connectivity index (χ0n) is 19.7. The van der Waals surface area contributed by atoms with E-state index in [-0.39, 0.29) is 11.9 Å². The third kappa shape index (κ3) is 4.31. The van der Waals surface area contributed by atoms with Gasteiger partial charge in [-0.2, -0.15) is 0 Å². The molecule has 0 atom stereocenters. The first-order valence-electron chi connectivity index (χ1n) is 12.3. The van der Waals surface area contributed by atoms with Gasteiger partial charge in [0.15, 0.2) is 0 Å². The fourth-order valence-electron chi connectivity index (χ4n) is 5.70. The van der Waals surface area contributed by atoms with E-state index in [0.717, 1.165) is 59.7 Å². The molecule has 3 heterocycles. The molecule has 2 aliphatic rings. The van der Waals surface area contributed by atoms with Crippen molar-refractivity contribution in [2.75, 3.05) is 25.1 Å². The molecule has 1 amide bonds. The molecule has 0 bridgehead atoms. The van der Waals surface area contributed by atoms with Crippen LogP contribution < -0.4 is 15.0 Å². The SMILES string of the molecule is COc1ccc2c(c1)c(C(=O)NC1CCN(c3ccccn3)CC1)c(C)n2C1CCCCC1. The lowest BCUT2D eigenvalue weighted by molar-refractivity contribution is 0.0931. The molecule has 6 nitrogen and oxygen atoms in total. The van der Waals surface area contributed by atoms with Crippen LogP contribution in [0.15, 0.2) is 42.6 Å². The molecule has 1 aliphatic heterocycles. The van der Waals surface area contributed by atoms with E-state index in [9.17, 15) is 4.79 Å². The molecule has 2 fully saturated rings. The average molecular weight is 447 g/mol. The van der Waals surface area contributed by atoms with E-state index < -0.39 is 0 Å². The number of aromatic nitrogens is 2. The molecule has 0 spiro atoms. The molecule has 2 aromatic heterocycles. The Kier molecular flexibility index (Phi) is 6.25. The number of methoxy groups -OCH3 is 1. The van der Waals surface area contributed by atoms with Crippen molar-refractivity contribution < 1.29 is 9.53 Å². The zero-order valence-corrected chi connectivity index (χ0v) is 19.7. The van der Waals surface area contributed by atoms with E-state index in [1.807, 2.05) is 30.5 Å². The maximum Gasteiger partial charge on any atom is 0.253 e. The van der Waals surface area contributed by atoms with Crippen LogP contribution in [-0.2, 0) is 0 Å². The molecule has 5 rings (SSSR count). The summed E-state index contributed by atoms with van der Waals surface area (Å²) in [6, 6.07) is 12.8. The molecule has 1 aromatic carbocycles. The molecule has 1 aliphatic carbocycles. The molecular formula is C27H34N4O2. The Morgan fingerprint density at radius 1 is 1.06 bits per heavy atom. The normalized spacial score (nSPS) is 17.9. The van der Waals surface area contributed by atoms with Crippen LogP contribution in [0.2, 0.25) is 0 Å². The van der Waals surface area contributed by atoms with E-state index in [4.69, 9.17) is 4.74 Å². The Labute approximate surface area is 195 Å². The topological polar surface area (TPSA) is 59.4 Å². The fourth-order valence-corrected chi connectivity index (χ4v) is 5.70.